The predicted molar refractivity (Wildman–Crippen MR) is 154 cm³/mol. The third kappa shape index (κ3) is 7.64. The van der Waals surface area contributed by atoms with Gasteiger partial charge in [0.1, 0.15) is 32.1 Å². The Labute approximate surface area is 247 Å². The maximum atomic E-state index is 13.6. The molecule has 4 amide bonds. The second-order valence-electron chi connectivity index (χ2n) is 9.47. The highest BCUT2D eigenvalue weighted by molar-refractivity contribution is 6.34. The molecule has 0 unspecified atom stereocenters. The number of halogens is 1. The van der Waals surface area contributed by atoms with E-state index in [1.165, 1.54) is 28.9 Å². The molecule has 1 aliphatic heterocycles. The van der Waals surface area contributed by atoms with E-state index < -0.39 is 29.6 Å². The summed E-state index contributed by atoms with van der Waals surface area (Å²) in [6.45, 7) is 2.70. The van der Waals surface area contributed by atoms with Crippen LogP contribution in [0.1, 0.15) is 38.8 Å². The number of fused-ring (bicyclic) bond motifs is 1. The van der Waals surface area contributed by atoms with Crippen molar-refractivity contribution in [3.05, 3.63) is 94.0 Å². The van der Waals surface area contributed by atoms with E-state index in [0.717, 1.165) is 5.56 Å². The summed E-state index contributed by atoms with van der Waals surface area (Å²) in [6.07, 6.45) is 0. The number of nitrogens with zero attached hydrogens (tertiary/aromatic N) is 2. The van der Waals surface area contributed by atoms with E-state index in [-0.39, 0.29) is 43.4 Å². The number of amides is 4. The highest BCUT2D eigenvalue weighted by Gasteiger charge is 2.31. The number of ether oxygens (including phenoxy) is 2. The zero-order valence-electron chi connectivity index (χ0n) is 23.0. The van der Waals surface area contributed by atoms with Crippen LogP contribution in [-0.4, -0.2) is 60.8 Å². The lowest BCUT2D eigenvalue weighted by atomic mass is 10.1. The third-order valence-electron chi connectivity index (χ3n) is 6.29. The summed E-state index contributed by atoms with van der Waals surface area (Å²) in [5.74, 6) is -2.12. The number of nitrogens with one attached hydrogen (secondary N) is 2. The molecule has 0 atom stereocenters. The summed E-state index contributed by atoms with van der Waals surface area (Å²) < 4.78 is 10.3. The average molecular weight is 593 g/mol. The number of hydrogen-bond donors (Lipinski definition) is 2. The monoisotopic (exact) mass is 592 g/mol. The molecule has 0 spiro atoms. The first kappa shape index (κ1) is 30.1. The van der Waals surface area contributed by atoms with Gasteiger partial charge in [-0.15, -0.1) is 0 Å². The molecule has 0 radical (unpaired) electrons. The molecule has 12 heteroatoms. The predicted octanol–water partition coefficient (Wildman–Crippen LogP) is 3.04. The quantitative estimate of drug-likeness (QED) is 0.233. The van der Waals surface area contributed by atoms with Gasteiger partial charge in [0.2, 0.25) is 5.91 Å². The van der Waals surface area contributed by atoms with Crippen LogP contribution in [0.15, 0.2) is 66.7 Å². The number of carbonyl (C=O) groups excluding carboxylic acids is 5. The van der Waals surface area contributed by atoms with Crippen LogP contribution in [-0.2, 0) is 25.7 Å². The van der Waals surface area contributed by atoms with Crippen molar-refractivity contribution >= 4 is 46.9 Å². The fourth-order valence-corrected chi connectivity index (χ4v) is 4.55. The number of hydrazine groups is 1. The number of rotatable bonds is 8. The van der Waals surface area contributed by atoms with Crippen molar-refractivity contribution in [2.45, 2.75) is 20.4 Å². The Morgan fingerprint density at radius 3 is 2.45 bits per heavy atom. The summed E-state index contributed by atoms with van der Waals surface area (Å²) in [6, 6.07) is 18.4. The van der Waals surface area contributed by atoms with Crippen LogP contribution in [0, 0.1) is 6.92 Å². The lowest BCUT2D eigenvalue weighted by Crippen LogP contribution is -2.48. The summed E-state index contributed by atoms with van der Waals surface area (Å²) >= 11 is 6.43. The Bertz CT molecular complexity index is 1530. The molecule has 11 nitrogen and oxygen atoms in total. The van der Waals surface area contributed by atoms with Crippen LogP contribution in [0.4, 0.5) is 5.69 Å². The first-order valence-corrected chi connectivity index (χ1v) is 13.4. The van der Waals surface area contributed by atoms with Crippen LogP contribution in [0.5, 0.6) is 5.75 Å². The molecule has 1 heterocycles. The fourth-order valence-electron chi connectivity index (χ4n) is 4.29. The highest BCUT2D eigenvalue weighted by atomic mass is 35.5. The van der Waals surface area contributed by atoms with Crippen molar-refractivity contribution in [1.82, 2.24) is 15.8 Å². The van der Waals surface area contributed by atoms with Crippen LogP contribution in [0.2, 0.25) is 5.02 Å². The number of esters is 1. The molecule has 0 bridgehead atoms. The van der Waals surface area contributed by atoms with E-state index in [9.17, 15) is 24.0 Å². The Morgan fingerprint density at radius 1 is 0.929 bits per heavy atom. The first-order chi connectivity index (χ1) is 20.1. The maximum absolute atomic E-state index is 13.6. The van der Waals surface area contributed by atoms with Gasteiger partial charge in [-0.1, -0.05) is 47.5 Å². The normalized spacial score (nSPS) is 12.6. The number of carbonyl (C=O) groups is 5. The minimum Gasteiger partial charge on any atom is -0.490 e. The zero-order chi connectivity index (χ0) is 30.2. The Kier molecular flexibility index (Phi) is 9.77. The largest absolute Gasteiger partial charge is 0.490 e. The molecule has 2 N–H and O–H groups in total. The summed E-state index contributed by atoms with van der Waals surface area (Å²) in [4.78, 5) is 65.5. The Balaban J connectivity index is 1.44. The van der Waals surface area contributed by atoms with E-state index in [1.807, 2.05) is 13.0 Å². The van der Waals surface area contributed by atoms with Crippen molar-refractivity contribution in [2.75, 3.05) is 31.2 Å². The Hall–Kier alpha value is -4.90. The van der Waals surface area contributed by atoms with Gasteiger partial charge in [-0.25, -0.2) is 0 Å². The van der Waals surface area contributed by atoms with Crippen molar-refractivity contribution in [2.24, 2.45) is 0 Å². The summed E-state index contributed by atoms with van der Waals surface area (Å²) in [5.41, 5.74) is 7.27. The van der Waals surface area contributed by atoms with Crippen molar-refractivity contribution < 1.29 is 33.4 Å². The molecule has 3 aromatic carbocycles. The van der Waals surface area contributed by atoms with Gasteiger partial charge in [-0.3, -0.25) is 39.7 Å². The SMILES string of the molecule is CC(=O)OCCOc1ccc(C(=O)N2CC(=O)N(CC(=O)NNC(=O)c3cccc(C)c3)Cc3ccccc32)c(Cl)c1. The molecule has 0 saturated heterocycles. The van der Waals surface area contributed by atoms with Crippen molar-refractivity contribution in [3.8, 4) is 5.75 Å². The molecule has 0 saturated carbocycles. The lowest BCUT2D eigenvalue weighted by molar-refractivity contribution is -0.141. The molecule has 4 rings (SSSR count). The standard InChI is InChI=1S/C30H29ClN4O7/c1-19-6-5-8-21(14-19)29(39)33-32-27(37)17-34-16-22-7-3-4-9-26(22)35(18-28(34)38)30(40)24-11-10-23(15-25(24)31)42-13-12-41-20(2)36/h3-11,14-15H,12-13,16-18H2,1-2H3,(H,32,37)(H,33,39). The fraction of sp³-hybridized carbons (Fsp3) is 0.233. The van der Waals surface area contributed by atoms with Gasteiger partial charge >= 0.3 is 5.97 Å². The van der Waals surface area contributed by atoms with Gasteiger partial charge in [0.25, 0.3) is 17.7 Å². The minimum atomic E-state index is -0.603. The smallest absolute Gasteiger partial charge is 0.302 e. The number of anilines is 1. The number of hydrogen-bond acceptors (Lipinski definition) is 7. The second kappa shape index (κ2) is 13.6. The molecule has 218 valence electrons. The first-order valence-electron chi connectivity index (χ1n) is 13.0. The van der Waals surface area contributed by atoms with Gasteiger partial charge in [0.05, 0.1) is 10.6 Å². The van der Waals surface area contributed by atoms with E-state index in [2.05, 4.69) is 10.9 Å². The van der Waals surface area contributed by atoms with E-state index in [4.69, 9.17) is 21.1 Å². The molecule has 3 aromatic rings. The minimum absolute atomic E-state index is 0.0634. The highest BCUT2D eigenvalue weighted by Crippen LogP contribution is 2.30. The third-order valence-corrected chi connectivity index (χ3v) is 6.61. The number of aryl methyl sites for hydroxylation is 1. The maximum Gasteiger partial charge on any atom is 0.302 e. The topological polar surface area (TPSA) is 134 Å². The molecule has 1 aliphatic rings. The van der Waals surface area contributed by atoms with E-state index >= 15 is 0 Å². The van der Waals surface area contributed by atoms with Crippen LogP contribution < -0.4 is 20.5 Å². The molecule has 0 aliphatic carbocycles. The molecular formula is C30H29ClN4O7. The molecule has 0 aromatic heterocycles. The average Bonchev–Trinajstić information content (AvgIpc) is 3.09. The van der Waals surface area contributed by atoms with Crippen LogP contribution >= 0.6 is 11.6 Å². The van der Waals surface area contributed by atoms with Gasteiger partial charge in [-0.05, 0) is 48.9 Å². The molecular weight excluding hydrogens is 564 g/mol. The molecule has 42 heavy (non-hydrogen) atoms. The number of para-hydroxylation sites is 1. The van der Waals surface area contributed by atoms with Gasteiger partial charge in [-0.2, -0.15) is 0 Å². The van der Waals surface area contributed by atoms with Crippen LogP contribution in [0.25, 0.3) is 0 Å². The molecule has 0 fully saturated rings. The van der Waals surface area contributed by atoms with Crippen LogP contribution in [0.3, 0.4) is 0 Å². The lowest BCUT2D eigenvalue weighted by Gasteiger charge is -2.23. The number of benzene rings is 3. The van der Waals surface area contributed by atoms with Crippen molar-refractivity contribution in [1.29, 1.82) is 0 Å². The van der Waals surface area contributed by atoms with Gasteiger partial charge in [0.15, 0.2) is 0 Å². The second-order valence-corrected chi connectivity index (χ2v) is 9.88. The Morgan fingerprint density at radius 2 is 1.71 bits per heavy atom. The summed E-state index contributed by atoms with van der Waals surface area (Å²) in [7, 11) is 0. The van der Waals surface area contributed by atoms with Gasteiger partial charge < -0.3 is 14.4 Å². The van der Waals surface area contributed by atoms with Crippen molar-refractivity contribution in [3.63, 3.8) is 0 Å². The van der Waals surface area contributed by atoms with E-state index in [0.29, 0.717) is 22.6 Å². The summed E-state index contributed by atoms with van der Waals surface area (Å²) in [5, 5.41) is 0.111. The zero-order valence-corrected chi connectivity index (χ0v) is 23.8. The van der Waals surface area contributed by atoms with E-state index in [1.54, 1.807) is 48.5 Å². The van der Waals surface area contributed by atoms with Gasteiger partial charge in [0, 0.05) is 24.7 Å².